The van der Waals surface area contributed by atoms with Gasteiger partial charge in [-0.1, -0.05) is 17.3 Å². The van der Waals surface area contributed by atoms with Crippen LogP contribution in [0, 0.1) is 0 Å². The number of amides is 2. The summed E-state index contributed by atoms with van der Waals surface area (Å²) in [4.78, 5) is 33.9. The highest BCUT2D eigenvalue weighted by Gasteiger charge is 2.39. The van der Waals surface area contributed by atoms with Gasteiger partial charge in [-0.05, 0) is 38.8 Å². The fourth-order valence-corrected chi connectivity index (χ4v) is 6.47. The standard InChI is InChI=1S/C30H43N7O5/c1-21(2)35-10-11-36-26(20-35)29(38)31-17-28-25(37-19-22(32-33-37)18-34-12-15-40-16-13-34)8-7-23(42-28)9-14-41-27-6-4-3-5-24(27)30(36)39/h3-6,19,21,23,25-26,28H,7-18,20H2,1-2H3,(H,31,38)/t23-,25+,26-,28+/m0/s1. The molecule has 2 bridgehead atoms. The lowest BCUT2D eigenvalue weighted by molar-refractivity contribution is -0.131. The van der Waals surface area contributed by atoms with Crippen molar-refractivity contribution in [1.29, 1.82) is 0 Å². The molecule has 0 unspecified atom stereocenters. The Morgan fingerprint density at radius 1 is 1.02 bits per heavy atom. The number of nitrogens with one attached hydrogen (secondary N) is 1. The number of carbonyl (C=O) groups excluding carboxylic acids is 2. The Labute approximate surface area is 247 Å². The van der Waals surface area contributed by atoms with Crippen LogP contribution in [0.1, 0.15) is 55.2 Å². The summed E-state index contributed by atoms with van der Waals surface area (Å²) in [6.45, 7) is 10.7. The molecule has 3 saturated heterocycles. The van der Waals surface area contributed by atoms with Crippen molar-refractivity contribution >= 4 is 11.8 Å². The molecule has 4 aliphatic rings. The summed E-state index contributed by atoms with van der Waals surface area (Å²) in [7, 11) is 0. The van der Waals surface area contributed by atoms with Gasteiger partial charge >= 0.3 is 0 Å². The van der Waals surface area contributed by atoms with E-state index in [1.54, 1.807) is 11.0 Å². The maximum atomic E-state index is 13.8. The van der Waals surface area contributed by atoms with Crippen LogP contribution >= 0.6 is 0 Å². The SMILES string of the molecule is CC(C)N1CCN2C(=O)c3ccccc3OCC[C@@H]3CC[C@@H](n4cc(CN5CCOCC5)nn4)[C@@H](CNC(=O)[C@@H]2C1)O3. The van der Waals surface area contributed by atoms with Gasteiger partial charge in [0.2, 0.25) is 5.91 Å². The predicted octanol–water partition coefficient (Wildman–Crippen LogP) is 1.33. The van der Waals surface area contributed by atoms with Crippen LogP contribution < -0.4 is 10.1 Å². The van der Waals surface area contributed by atoms with E-state index in [-0.39, 0.29) is 36.1 Å². The van der Waals surface area contributed by atoms with E-state index in [4.69, 9.17) is 14.2 Å². The molecule has 4 atom stereocenters. The lowest BCUT2D eigenvalue weighted by Gasteiger charge is -2.43. The molecule has 228 valence electrons. The van der Waals surface area contributed by atoms with Crippen LogP contribution in [0.2, 0.25) is 0 Å². The maximum absolute atomic E-state index is 13.8. The van der Waals surface area contributed by atoms with Gasteiger partial charge in [0.05, 0.1) is 55.5 Å². The van der Waals surface area contributed by atoms with Crippen molar-refractivity contribution in [3.8, 4) is 5.75 Å². The van der Waals surface area contributed by atoms with Gasteiger partial charge < -0.3 is 24.4 Å². The van der Waals surface area contributed by atoms with Gasteiger partial charge in [-0.15, -0.1) is 5.10 Å². The van der Waals surface area contributed by atoms with Gasteiger partial charge in [-0.3, -0.25) is 19.4 Å². The summed E-state index contributed by atoms with van der Waals surface area (Å²) in [5.41, 5.74) is 1.41. The van der Waals surface area contributed by atoms with Crippen molar-refractivity contribution in [3.05, 3.63) is 41.7 Å². The lowest BCUT2D eigenvalue weighted by atomic mass is 9.96. The van der Waals surface area contributed by atoms with E-state index in [9.17, 15) is 9.59 Å². The van der Waals surface area contributed by atoms with Gasteiger partial charge in [0.15, 0.2) is 0 Å². The van der Waals surface area contributed by atoms with Crippen LogP contribution in [0.4, 0.5) is 0 Å². The Balaban J connectivity index is 1.23. The fourth-order valence-electron chi connectivity index (χ4n) is 6.47. The average molecular weight is 582 g/mol. The predicted molar refractivity (Wildman–Crippen MR) is 154 cm³/mol. The van der Waals surface area contributed by atoms with Crippen LogP contribution in [-0.2, 0) is 20.8 Å². The average Bonchev–Trinajstić information content (AvgIpc) is 3.47. The van der Waals surface area contributed by atoms with Crippen LogP contribution in [0.25, 0.3) is 0 Å². The first-order valence-corrected chi connectivity index (χ1v) is 15.4. The quantitative estimate of drug-likeness (QED) is 0.571. The van der Waals surface area contributed by atoms with Gasteiger partial charge in [0.1, 0.15) is 11.8 Å². The number of hydrogen-bond acceptors (Lipinski definition) is 9. The van der Waals surface area contributed by atoms with E-state index < -0.39 is 6.04 Å². The van der Waals surface area contributed by atoms with Crippen LogP contribution in [0.5, 0.6) is 5.75 Å². The van der Waals surface area contributed by atoms with Crippen molar-refractivity contribution in [2.45, 2.75) is 70.0 Å². The zero-order valence-corrected chi connectivity index (χ0v) is 24.7. The number of benzene rings is 1. The summed E-state index contributed by atoms with van der Waals surface area (Å²) in [5, 5.41) is 12.1. The molecule has 3 fully saturated rings. The van der Waals surface area contributed by atoms with E-state index in [0.717, 1.165) is 51.4 Å². The number of carbonyl (C=O) groups is 2. The van der Waals surface area contributed by atoms with Crippen molar-refractivity contribution in [2.24, 2.45) is 0 Å². The van der Waals surface area contributed by atoms with E-state index in [2.05, 4.69) is 39.3 Å². The van der Waals surface area contributed by atoms with Gasteiger partial charge in [0.25, 0.3) is 5.91 Å². The first-order valence-electron chi connectivity index (χ1n) is 15.4. The first-order chi connectivity index (χ1) is 20.5. The highest BCUT2D eigenvalue weighted by Crippen LogP contribution is 2.31. The van der Waals surface area contributed by atoms with E-state index >= 15 is 0 Å². The molecule has 1 N–H and O–H groups in total. The van der Waals surface area contributed by atoms with Crippen molar-refractivity contribution in [2.75, 3.05) is 59.1 Å². The molecule has 6 rings (SSSR count). The maximum Gasteiger partial charge on any atom is 0.258 e. The Morgan fingerprint density at radius 2 is 1.86 bits per heavy atom. The molecule has 1 aromatic heterocycles. The molecule has 12 heteroatoms. The number of hydrogen-bond donors (Lipinski definition) is 1. The highest BCUT2D eigenvalue weighted by molar-refractivity contribution is 6.00. The molecule has 42 heavy (non-hydrogen) atoms. The third-order valence-corrected chi connectivity index (χ3v) is 8.97. The van der Waals surface area contributed by atoms with E-state index in [0.29, 0.717) is 50.5 Å². The molecule has 0 aliphatic carbocycles. The minimum absolute atomic E-state index is 0.0205. The second-order valence-electron chi connectivity index (χ2n) is 12.0. The number of para-hydroxylation sites is 1. The Bertz CT molecular complexity index is 1230. The second-order valence-corrected chi connectivity index (χ2v) is 12.0. The molecular formula is C30H43N7O5. The largest absolute Gasteiger partial charge is 0.493 e. The molecule has 0 radical (unpaired) electrons. The van der Waals surface area contributed by atoms with Crippen LogP contribution in [0.3, 0.4) is 0 Å². The molecule has 0 spiro atoms. The number of rotatable bonds is 4. The zero-order valence-electron chi connectivity index (χ0n) is 24.7. The molecular weight excluding hydrogens is 538 g/mol. The molecule has 5 heterocycles. The molecule has 2 aromatic rings. The number of fused-ring (bicyclic) bond motifs is 4. The molecule has 12 nitrogen and oxygen atoms in total. The number of ether oxygens (including phenoxy) is 3. The zero-order chi connectivity index (χ0) is 29.1. The van der Waals surface area contributed by atoms with E-state index in [1.807, 2.05) is 29.1 Å². The minimum atomic E-state index is -0.617. The summed E-state index contributed by atoms with van der Waals surface area (Å²) >= 11 is 0. The monoisotopic (exact) mass is 581 g/mol. The Hall–Kier alpha value is -3.06. The molecule has 1 aromatic carbocycles. The lowest BCUT2D eigenvalue weighted by Crippen LogP contribution is -2.62. The number of nitrogens with zero attached hydrogens (tertiary/aromatic N) is 6. The smallest absolute Gasteiger partial charge is 0.258 e. The third-order valence-electron chi connectivity index (χ3n) is 8.97. The number of morpholine rings is 1. The number of aromatic nitrogens is 3. The van der Waals surface area contributed by atoms with Crippen LogP contribution in [0.15, 0.2) is 30.5 Å². The molecule has 0 saturated carbocycles. The Kier molecular flexibility index (Phi) is 9.03. The van der Waals surface area contributed by atoms with Crippen molar-refractivity contribution in [1.82, 2.24) is 35.0 Å². The molecule has 4 aliphatic heterocycles. The molecule has 2 amide bonds. The summed E-state index contributed by atoms with van der Waals surface area (Å²) < 4.78 is 20.2. The van der Waals surface area contributed by atoms with Gasteiger partial charge in [-0.2, -0.15) is 0 Å². The number of piperazine rings is 1. The fraction of sp³-hybridized carbons (Fsp3) is 0.667. The topological polar surface area (TPSA) is 114 Å². The third kappa shape index (κ3) is 6.46. The highest BCUT2D eigenvalue weighted by atomic mass is 16.5. The van der Waals surface area contributed by atoms with Crippen molar-refractivity contribution < 1.29 is 23.8 Å². The minimum Gasteiger partial charge on any atom is -0.493 e. The first kappa shape index (κ1) is 29.0. The Morgan fingerprint density at radius 3 is 2.69 bits per heavy atom. The van der Waals surface area contributed by atoms with Crippen LogP contribution in [-0.4, -0.2) is 125 Å². The second kappa shape index (κ2) is 13.1. The van der Waals surface area contributed by atoms with Gasteiger partial charge in [0, 0.05) is 58.3 Å². The summed E-state index contributed by atoms with van der Waals surface area (Å²) in [6.07, 6.45) is 4.10. The van der Waals surface area contributed by atoms with Gasteiger partial charge in [-0.25, -0.2) is 4.68 Å². The van der Waals surface area contributed by atoms with E-state index in [1.165, 1.54) is 0 Å². The van der Waals surface area contributed by atoms with Crippen molar-refractivity contribution in [3.63, 3.8) is 0 Å². The normalized spacial score (nSPS) is 28.4. The summed E-state index contributed by atoms with van der Waals surface area (Å²) in [5.74, 6) is 0.210. The summed E-state index contributed by atoms with van der Waals surface area (Å²) in [6, 6.07) is 6.93.